The number of ether oxygens (including phenoxy) is 2. The maximum atomic E-state index is 12.7. The molecule has 0 unspecified atom stereocenters. The molecule has 0 radical (unpaired) electrons. The lowest BCUT2D eigenvalue weighted by Crippen LogP contribution is -2.41. The Balaban J connectivity index is 1.59. The highest BCUT2D eigenvalue weighted by Gasteiger charge is 2.31. The number of amides is 1. The second-order valence-corrected chi connectivity index (χ2v) is 8.95. The van der Waals surface area contributed by atoms with E-state index in [0.29, 0.717) is 25.9 Å². The SMILES string of the molecule is CS(=O)(=O)c1cccc(C(=O)N2CCC(Oc3cccc(OC(F)(F)F)c3)CC2)c1. The van der Waals surface area contributed by atoms with Crippen LogP contribution in [0.1, 0.15) is 23.2 Å². The van der Waals surface area contributed by atoms with Crippen LogP contribution in [0, 0.1) is 0 Å². The number of hydrogen-bond donors (Lipinski definition) is 0. The zero-order valence-corrected chi connectivity index (χ0v) is 16.9. The molecule has 0 aliphatic carbocycles. The number of rotatable bonds is 5. The first-order valence-electron chi connectivity index (χ1n) is 9.13. The molecule has 3 rings (SSSR count). The third kappa shape index (κ3) is 5.88. The first-order chi connectivity index (χ1) is 14.0. The van der Waals surface area contributed by atoms with Crippen LogP contribution in [0.4, 0.5) is 13.2 Å². The molecule has 1 saturated heterocycles. The minimum Gasteiger partial charge on any atom is -0.490 e. The standard InChI is InChI=1S/C20H20F3NO5S/c1-30(26,27)18-7-2-4-14(12-18)19(25)24-10-8-15(9-11-24)28-16-5-3-6-17(13-16)29-20(21,22)23/h2-7,12-13,15H,8-11H2,1H3. The maximum absolute atomic E-state index is 12.7. The highest BCUT2D eigenvalue weighted by Crippen LogP contribution is 2.28. The number of carbonyl (C=O) groups is 1. The largest absolute Gasteiger partial charge is 0.573 e. The average Bonchev–Trinajstić information content (AvgIpc) is 2.66. The molecule has 1 amide bonds. The van der Waals surface area contributed by atoms with Gasteiger partial charge in [-0.05, 0) is 30.3 Å². The number of likely N-dealkylation sites (tertiary alicyclic amines) is 1. The number of carbonyl (C=O) groups excluding carboxylic acids is 1. The van der Waals surface area contributed by atoms with Crippen molar-refractivity contribution in [2.24, 2.45) is 0 Å². The van der Waals surface area contributed by atoms with Crippen molar-refractivity contribution >= 4 is 15.7 Å². The van der Waals surface area contributed by atoms with Crippen LogP contribution in [-0.4, -0.2) is 51.0 Å². The molecule has 1 fully saturated rings. The third-order valence-electron chi connectivity index (χ3n) is 4.58. The molecule has 1 aliphatic heterocycles. The van der Waals surface area contributed by atoms with Crippen molar-refractivity contribution in [2.45, 2.75) is 30.2 Å². The first-order valence-corrected chi connectivity index (χ1v) is 11.0. The monoisotopic (exact) mass is 443 g/mol. The van der Waals surface area contributed by atoms with Crippen LogP contribution in [0.15, 0.2) is 53.4 Å². The van der Waals surface area contributed by atoms with Gasteiger partial charge in [-0.15, -0.1) is 13.2 Å². The van der Waals surface area contributed by atoms with Gasteiger partial charge in [-0.3, -0.25) is 4.79 Å². The molecule has 1 aliphatic rings. The number of nitrogens with zero attached hydrogens (tertiary/aromatic N) is 1. The summed E-state index contributed by atoms with van der Waals surface area (Å²) in [5, 5.41) is 0. The van der Waals surface area contributed by atoms with Crippen LogP contribution in [0.2, 0.25) is 0 Å². The zero-order valence-electron chi connectivity index (χ0n) is 16.1. The lowest BCUT2D eigenvalue weighted by atomic mass is 10.1. The van der Waals surface area contributed by atoms with E-state index in [0.717, 1.165) is 6.26 Å². The van der Waals surface area contributed by atoms with E-state index in [1.165, 1.54) is 42.5 Å². The van der Waals surface area contributed by atoms with Crippen LogP contribution in [0.25, 0.3) is 0 Å². The van der Waals surface area contributed by atoms with Gasteiger partial charge in [0.05, 0.1) is 4.90 Å². The number of halogens is 3. The quantitative estimate of drug-likeness (QED) is 0.705. The Kier molecular flexibility index (Phi) is 6.25. The fourth-order valence-corrected chi connectivity index (χ4v) is 3.82. The normalized spacial score (nSPS) is 15.7. The molecule has 162 valence electrons. The molecule has 0 aromatic heterocycles. The molecule has 10 heteroatoms. The molecule has 0 N–H and O–H groups in total. The van der Waals surface area contributed by atoms with Gasteiger partial charge < -0.3 is 14.4 Å². The number of alkyl halides is 3. The number of piperidine rings is 1. The van der Waals surface area contributed by atoms with Crippen molar-refractivity contribution in [3.8, 4) is 11.5 Å². The zero-order chi connectivity index (χ0) is 21.9. The predicted molar refractivity (Wildman–Crippen MR) is 102 cm³/mol. The van der Waals surface area contributed by atoms with E-state index in [1.807, 2.05) is 0 Å². The highest BCUT2D eigenvalue weighted by molar-refractivity contribution is 7.90. The van der Waals surface area contributed by atoms with E-state index in [4.69, 9.17) is 4.74 Å². The summed E-state index contributed by atoms with van der Waals surface area (Å²) in [5.41, 5.74) is 0.286. The van der Waals surface area contributed by atoms with Gasteiger partial charge in [-0.2, -0.15) is 0 Å². The summed E-state index contributed by atoms with van der Waals surface area (Å²) < 4.78 is 70.0. The smallest absolute Gasteiger partial charge is 0.490 e. The van der Waals surface area contributed by atoms with Gasteiger partial charge in [0.15, 0.2) is 9.84 Å². The molecular weight excluding hydrogens is 423 g/mol. The number of benzene rings is 2. The number of sulfone groups is 1. The summed E-state index contributed by atoms with van der Waals surface area (Å²) in [6, 6.07) is 11.2. The van der Waals surface area contributed by atoms with E-state index in [-0.39, 0.29) is 34.0 Å². The van der Waals surface area contributed by atoms with E-state index >= 15 is 0 Å². The minimum absolute atomic E-state index is 0.0764. The molecule has 30 heavy (non-hydrogen) atoms. The van der Waals surface area contributed by atoms with E-state index in [2.05, 4.69) is 4.74 Å². The topological polar surface area (TPSA) is 72.9 Å². The molecule has 0 atom stereocenters. The van der Waals surface area contributed by atoms with Crippen molar-refractivity contribution in [1.29, 1.82) is 0 Å². The minimum atomic E-state index is -4.78. The summed E-state index contributed by atoms with van der Waals surface area (Å²) in [4.78, 5) is 14.4. The highest BCUT2D eigenvalue weighted by atomic mass is 32.2. The molecule has 2 aromatic carbocycles. The molecule has 1 heterocycles. The van der Waals surface area contributed by atoms with Gasteiger partial charge in [0, 0.05) is 43.8 Å². The van der Waals surface area contributed by atoms with Crippen LogP contribution in [0.5, 0.6) is 11.5 Å². The Labute approximate surface area is 172 Å². The van der Waals surface area contributed by atoms with Crippen molar-refractivity contribution in [3.63, 3.8) is 0 Å². The maximum Gasteiger partial charge on any atom is 0.573 e. The predicted octanol–water partition coefficient (Wildman–Crippen LogP) is 3.67. The van der Waals surface area contributed by atoms with Gasteiger partial charge >= 0.3 is 6.36 Å². The Hall–Kier alpha value is -2.75. The molecule has 0 saturated carbocycles. The van der Waals surface area contributed by atoms with Crippen molar-refractivity contribution in [3.05, 3.63) is 54.1 Å². The summed E-state index contributed by atoms with van der Waals surface area (Å²) in [6.45, 7) is 0.761. The van der Waals surface area contributed by atoms with Gasteiger partial charge in [-0.1, -0.05) is 12.1 Å². The van der Waals surface area contributed by atoms with Crippen LogP contribution in [-0.2, 0) is 9.84 Å². The fraction of sp³-hybridized carbons (Fsp3) is 0.350. The second-order valence-electron chi connectivity index (χ2n) is 6.93. The van der Waals surface area contributed by atoms with Crippen LogP contribution < -0.4 is 9.47 Å². The van der Waals surface area contributed by atoms with Gasteiger partial charge in [0.1, 0.15) is 17.6 Å². The number of hydrogen-bond acceptors (Lipinski definition) is 5. The lowest BCUT2D eigenvalue weighted by molar-refractivity contribution is -0.274. The summed E-state index contributed by atoms with van der Waals surface area (Å²) in [5.74, 6) is -0.389. The fourth-order valence-electron chi connectivity index (χ4n) is 3.16. The van der Waals surface area contributed by atoms with Crippen LogP contribution >= 0.6 is 0 Å². The third-order valence-corrected chi connectivity index (χ3v) is 5.69. The Morgan fingerprint density at radius 2 is 1.67 bits per heavy atom. The summed E-state index contributed by atoms with van der Waals surface area (Å²) >= 11 is 0. The van der Waals surface area contributed by atoms with Crippen molar-refractivity contribution in [2.75, 3.05) is 19.3 Å². The Morgan fingerprint density at radius 3 is 2.30 bits per heavy atom. The molecule has 2 aromatic rings. The molecule has 6 nitrogen and oxygen atoms in total. The lowest BCUT2D eigenvalue weighted by Gasteiger charge is -2.32. The Bertz CT molecular complexity index is 1020. The first kappa shape index (κ1) is 21.9. The second kappa shape index (κ2) is 8.55. The summed E-state index contributed by atoms with van der Waals surface area (Å²) in [7, 11) is -3.42. The molecule has 0 bridgehead atoms. The Morgan fingerprint density at radius 1 is 1.03 bits per heavy atom. The average molecular weight is 443 g/mol. The van der Waals surface area contributed by atoms with Gasteiger partial charge in [0.25, 0.3) is 5.91 Å². The molecule has 0 spiro atoms. The van der Waals surface area contributed by atoms with Crippen molar-refractivity contribution < 1.29 is 35.9 Å². The van der Waals surface area contributed by atoms with E-state index < -0.39 is 16.2 Å². The van der Waals surface area contributed by atoms with Crippen molar-refractivity contribution in [1.82, 2.24) is 4.90 Å². The van der Waals surface area contributed by atoms with E-state index in [9.17, 15) is 26.4 Å². The molecular formula is C20H20F3NO5S. The van der Waals surface area contributed by atoms with E-state index in [1.54, 1.807) is 11.0 Å². The van der Waals surface area contributed by atoms with Gasteiger partial charge in [-0.25, -0.2) is 8.42 Å². The van der Waals surface area contributed by atoms with Crippen LogP contribution in [0.3, 0.4) is 0 Å². The summed E-state index contributed by atoms with van der Waals surface area (Å²) in [6.07, 6.45) is -2.99. The van der Waals surface area contributed by atoms with Gasteiger partial charge in [0.2, 0.25) is 0 Å².